The van der Waals surface area contributed by atoms with Gasteiger partial charge >= 0.3 is 0 Å². The molecular weight excluding hydrogens is 392 g/mol. The Bertz CT molecular complexity index is 1210. The molecule has 0 unspecified atom stereocenters. The Hall–Kier alpha value is -2.84. The normalized spacial score (nSPS) is 11.1. The van der Waals surface area contributed by atoms with Crippen molar-refractivity contribution in [1.82, 2.24) is 14.5 Å². The Morgan fingerprint density at radius 3 is 2.64 bits per heavy atom. The van der Waals surface area contributed by atoms with Crippen LogP contribution in [-0.4, -0.2) is 20.4 Å². The van der Waals surface area contributed by atoms with E-state index >= 15 is 0 Å². The quantitative estimate of drug-likeness (QED) is 0.538. The van der Waals surface area contributed by atoms with E-state index in [0.717, 1.165) is 23.2 Å². The molecule has 3 aromatic heterocycles. The highest BCUT2D eigenvalue weighted by Crippen LogP contribution is 2.30. The fraction of sp³-hybridized carbons (Fsp3) is 0.200. The first-order valence-corrected chi connectivity index (χ1v) is 10.6. The van der Waals surface area contributed by atoms with Crippen LogP contribution in [0.4, 0.5) is 5.13 Å². The summed E-state index contributed by atoms with van der Waals surface area (Å²) < 4.78 is 1.34. The van der Waals surface area contributed by atoms with Crippen molar-refractivity contribution in [3.05, 3.63) is 63.0 Å². The summed E-state index contributed by atoms with van der Waals surface area (Å²) in [6.07, 6.45) is 2.39. The number of thiazole rings is 1. The summed E-state index contributed by atoms with van der Waals surface area (Å²) in [5.74, 6) is -0.304. The Labute approximate surface area is 169 Å². The van der Waals surface area contributed by atoms with Crippen molar-refractivity contribution in [2.45, 2.75) is 26.8 Å². The number of hydrogen-bond acceptors (Lipinski definition) is 6. The summed E-state index contributed by atoms with van der Waals surface area (Å²) in [5.41, 5.74) is 3.70. The summed E-state index contributed by atoms with van der Waals surface area (Å²) in [6.45, 7) is 3.86. The number of amides is 1. The predicted molar refractivity (Wildman–Crippen MR) is 114 cm³/mol. The Balaban J connectivity index is 1.66. The fourth-order valence-electron chi connectivity index (χ4n) is 2.94. The number of aryl methyl sites for hydroxylation is 2. The molecule has 8 heteroatoms. The van der Waals surface area contributed by atoms with Crippen molar-refractivity contribution >= 4 is 43.9 Å². The molecule has 1 aromatic carbocycles. The molecule has 0 aliphatic rings. The van der Waals surface area contributed by atoms with Crippen LogP contribution in [0.15, 0.2) is 46.1 Å². The monoisotopic (exact) mass is 410 g/mol. The molecule has 0 bridgehead atoms. The van der Waals surface area contributed by atoms with Crippen LogP contribution in [-0.2, 0) is 17.8 Å². The predicted octanol–water partition coefficient (Wildman–Crippen LogP) is 4.09. The maximum Gasteiger partial charge on any atom is 0.263 e. The van der Waals surface area contributed by atoms with Gasteiger partial charge in [0.2, 0.25) is 5.91 Å². The van der Waals surface area contributed by atoms with Gasteiger partial charge in [-0.25, -0.2) is 9.97 Å². The van der Waals surface area contributed by atoms with Gasteiger partial charge in [0.15, 0.2) is 5.13 Å². The highest BCUT2D eigenvalue weighted by Gasteiger charge is 2.15. The fourth-order valence-corrected chi connectivity index (χ4v) is 4.55. The minimum absolute atomic E-state index is 0.107. The van der Waals surface area contributed by atoms with E-state index in [9.17, 15) is 9.59 Å². The van der Waals surface area contributed by atoms with Crippen LogP contribution in [0, 0.1) is 6.92 Å². The molecule has 0 saturated carbocycles. The standard InChI is InChI=1S/C20H18N4O2S2/c1-3-13-4-6-14(7-5-13)15-10-27-18-17(15)19(26)24(11-21-18)8-16(25)23-20-22-12(2)9-28-20/h4-7,9-11H,3,8H2,1-2H3,(H,22,23,25). The number of aromatic nitrogens is 3. The zero-order valence-corrected chi connectivity index (χ0v) is 17.1. The first-order valence-electron chi connectivity index (χ1n) is 8.83. The molecule has 0 saturated heterocycles. The van der Waals surface area contributed by atoms with Gasteiger partial charge in [-0.15, -0.1) is 22.7 Å². The van der Waals surface area contributed by atoms with Crippen LogP contribution in [0.2, 0.25) is 0 Å². The molecule has 0 aliphatic heterocycles. The van der Waals surface area contributed by atoms with Gasteiger partial charge in [0.25, 0.3) is 5.56 Å². The zero-order valence-electron chi connectivity index (χ0n) is 15.4. The number of thiophene rings is 1. The van der Waals surface area contributed by atoms with Crippen LogP contribution in [0.5, 0.6) is 0 Å². The maximum atomic E-state index is 13.0. The summed E-state index contributed by atoms with van der Waals surface area (Å²) >= 11 is 2.79. The van der Waals surface area contributed by atoms with Gasteiger partial charge in [-0.3, -0.25) is 14.2 Å². The van der Waals surface area contributed by atoms with E-state index in [1.165, 1.54) is 39.1 Å². The van der Waals surface area contributed by atoms with Gasteiger partial charge < -0.3 is 5.32 Å². The number of nitrogens with one attached hydrogen (secondary N) is 1. The Morgan fingerprint density at radius 2 is 1.96 bits per heavy atom. The maximum absolute atomic E-state index is 13.0. The van der Waals surface area contributed by atoms with E-state index in [0.29, 0.717) is 15.3 Å². The van der Waals surface area contributed by atoms with Crippen LogP contribution >= 0.6 is 22.7 Å². The van der Waals surface area contributed by atoms with Crippen molar-refractivity contribution in [1.29, 1.82) is 0 Å². The third kappa shape index (κ3) is 3.61. The molecule has 6 nitrogen and oxygen atoms in total. The second-order valence-electron chi connectivity index (χ2n) is 6.40. The van der Waals surface area contributed by atoms with E-state index in [1.54, 1.807) is 0 Å². The largest absolute Gasteiger partial charge is 0.300 e. The number of carbonyl (C=O) groups excluding carboxylic acids is 1. The van der Waals surface area contributed by atoms with Crippen LogP contribution in [0.1, 0.15) is 18.2 Å². The lowest BCUT2D eigenvalue weighted by Crippen LogP contribution is -2.27. The highest BCUT2D eigenvalue weighted by molar-refractivity contribution is 7.17. The first kappa shape index (κ1) is 18.5. The van der Waals surface area contributed by atoms with Crippen molar-refractivity contribution in [3.63, 3.8) is 0 Å². The molecule has 1 N–H and O–H groups in total. The van der Waals surface area contributed by atoms with Crippen LogP contribution in [0.3, 0.4) is 0 Å². The number of benzene rings is 1. The van der Waals surface area contributed by atoms with Gasteiger partial charge in [-0.1, -0.05) is 31.2 Å². The van der Waals surface area contributed by atoms with E-state index in [4.69, 9.17) is 0 Å². The third-order valence-corrected chi connectivity index (χ3v) is 6.18. The minimum Gasteiger partial charge on any atom is -0.300 e. The molecule has 28 heavy (non-hydrogen) atoms. The Kier molecular flexibility index (Phi) is 5.06. The van der Waals surface area contributed by atoms with Gasteiger partial charge in [-0.05, 0) is 24.5 Å². The molecule has 0 atom stereocenters. The molecule has 4 rings (SSSR count). The number of anilines is 1. The lowest BCUT2D eigenvalue weighted by Gasteiger charge is -2.06. The Morgan fingerprint density at radius 1 is 1.18 bits per heavy atom. The number of rotatable bonds is 5. The highest BCUT2D eigenvalue weighted by atomic mass is 32.1. The smallest absolute Gasteiger partial charge is 0.263 e. The molecule has 4 aromatic rings. The van der Waals surface area contributed by atoms with Crippen molar-refractivity contribution in [2.24, 2.45) is 0 Å². The topological polar surface area (TPSA) is 76.9 Å². The molecule has 0 aliphatic carbocycles. The molecule has 0 radical (unpaired) electrons. The molecule has 3 heterocycles. The van der Waals surface area contributed by atoms with E-state index in [1.807, 2.05) is 29.8 Å². The molecule has 142 valence electrons. The summed E-state index contributed by atoms with van der Waals surface area (Å²) in [5, 5.41) is 7.60. The number of fused-ring (bicyclic) bond motifs is 1. The van der Waals surface area contributed by atoms with E-state index in [-0.39, 0.29) is 18.0 Å². The zero-order chi connectivity index (χ0) is 19.7. The van der Waals surface area contributed by atoms with Gasteiger partial charge in [0.1, 0.15) is 11.4 Å². The van der Waals surface area contributed by atoms with Crippen LogP contribution in [0.25, 0.3) is 21.3 Å². The van der Waals surface area contributed by atoms with Gasteiger partial charge in [0.05, 0.1) is 17.4 Å². The molecule has 0 spiro atoms. The van der Waals surface area contributed by atoms with Crippen LogP contribution < -0.4 is 10.9 Å². The van der Waals surface area contributed by atoms with Crippen molar-refractivity contribution in [3.8, 4) is 11.1 Å². The molecular formula is C20H18N4O2S2. The average Bonchev–Trinajstić information content (AvgIpc) is 3.30. The number of hydrogen-bond donors (Lipinski definition) is 1. The van der Waals surface area contributed by atoms with Crippen molar-refractivity contribution < 1.29 is 4.79 Å². The first-order chi connectivity index (χ1) is 13.5. The number of nitrogens with zero attached hydrogens (tertiary/aromatic N) is 3. The second-order valence-corrected chi connectivity index (χ2v) is 8.12. The summed E-state index contributed by atoms with van der Waals surface area (Å²) in [7, 11) is 0. The third-order valence-electron chi connectivity index (χ3n) is 4.41. The van der Waals surface area contributed by atoms with Gasteiger partial charge in [0, 0.05) is 16.3 Å². The summed E-state index contributed by atoms with van der Waals surface area (Å²) in [6, 6.07) is 8.18. The SMILES string of the molecule is CCc1ccc(-c2csc3ncn(CC(=O)Nc4nc(C)cs4)c(=O)c23)cc1. The van der Waals surface area contributed by atoms with Crippen molar-refractivity contribution in [2.75, 3.05) is 5.32 Å². The van der Waals surface area contributed by atoms with Gasteiger partial charge in [-0.2, -0.15) is 0 Å². The summed E-state index contributed by atoms with van der Waals surface area (Å²) in [4.78, 5) is 34.6. The van der Waals surface area contributed by atoms with E-state index in [2.05, 4.69) is 34.3 Å². The minimum atomic E-state index is -0.304. The van der Waals surface area contributed by atoms with E-state index < -0.39 is 0 Å². The average molecular weight is 411 g/mol. The lowest BCUT2D eigenvalue weighted by molar-refractivity contribution is -0.116. The molecule has 0 fully saturated rings. The molecule has 1 amide bonds. The second kappa shape index (κ2) is 7.65. The number of carbonyl (C=O) groups is 1. The lowest BCUT2D eigenvalue weighted by atomic mass is 10.0.